The van der Waals surface area contributed by atoms with Gasteiger partial charge in [-0.2, -0.15) is 11.8 Å². The summed E-state index contributed by atoms with van der Waals surface area (Å²) in [6.07, 6.45) is 4.70. The van der Waals surface area contributed by atoms with E-state index in [4.69, 9.17) is 0 Å². The Balaban J connectivity index is 2.36. The van der Waals surface area contributed by atoms with Crippen molar-refractivity contribution in [2.24, 2.45) is 5.92 Å². The summed E-state index contributed by atoms with van der Waals surface area (Å²) in [4.78, 5) is 11.8. The normalized spacial score (nSPS) is 22.0. The number of rotatable bonds is 7. The largest absolute Gasteiger partial charge is 0.299 e. The summed E-state index contributed by atoms with van der Waals surface area (Å²) < 4.78 is 24.4. The molecule has 0 radical (unpaired) electrons. The van der Waals surface area contributed by atoms with Crippen LogP contribution in [0.4, 0.5) is 0 Å². The predicted octanol–water partition coefficient (Wildman–Crippen LogP) is 1.76. The molecule has 0 N–H and O–H groups in total. The minimum Gasteiger partial charge on any atom is -0.299 e. The number of hydrogen-bond acceptors (Lipinski definition) is 4. The van der Waals surface area contributed by atoms with Crippen molar-refractivity contribution in [3.8, 4) is 0 Å². The van der Waals surface area contributed by atoms with Crippen molar-refractivity contribution in [1.82, 2.24) is 4.31 Å². The molecule has 0 aromatic heterocycles. The van der Waals surface area contributed by atoms with Gasteiger partial charge in [-0.15, -0.1) is 0 Å². The summed E-state index contributed by atoms with van der Waals surface area (Å²) in [5.41, 5.74) is 0. The minimum atomic E-state index is -3.10. The second-order valence-corrected chi connectivity index (χ2v) is 8.01. The number of thioether (sulfide) groups is 1. The molecule has 6 heteroatoms. The molecule has 106 valence electrons. The van der Waals surface area contributed by atoms with Gasteiger partial charge in [0, 0.05) is 19.5 Å². The molecule has 18 heavy (non-hydrogen) atoms. The van der Waals surface area contributed by atoms with E-state index < -0.39 is 10.0 Å². The van der Waals surface area contributed by atoms with Crippen LogP contribution >= 0.6 is 11.8 Å². The molecule has 1 atom stereocenters. The lowest BCUT2D eigenvalue weighted by Gasteiger charge is -2.30. The number of nitrogens with zero attached hydrogens (tertiary/aromatic N) is 1. The monoisotopic (exact) mass is 293 g/mol. The Hall–Kier alpha value is -0.0700. The van der Waals surface area contributed by atoms with Crippen LogP contribution in [0.25, 0.3) is 0 Å². The van der Waals surface area contributed by atoms with Crippen LogP contribution in [-0.2, 0) is 14.8 Å². The fourth-order valence-corrected chi connectivity index (χ4v) is 3.93. The third kappa shape index (κ3) is 5.71. The molecule has 1 aliphatic rings. The molecule has 0 bridgehead atoms. The lowest BCUT2D eigenvalue weighted by atomic mass is 9.94. The van der Waals surface area contributed by atoms with Gasteiger partial charge in [-0.25, -0.2) is 12.7 Å². The molecule has 4 nitrogen and oxygen atoms in total. The van der Waals surface area contributed by atoms with Crippen molar-refractivity contribution in [2.45, 2.75) is 32.6 Å². The average molecular weight is 293 g/mol. The summed E-state index contributed by atoms with van der Waals surface area (Å²) in [7, 11) is -3.10. The highest BCUT2D eigenvalue weighted by Gasteiger charge is 2.26. The first-order valence-electron chi connectivity index (χ1n) is 6.48. The first kappa shape index (κ1) is 16.0. The standard InChI is InChI=1S/C12H23NO3S2/c1-3-7-17-10-12(14)8-11-5-4-6-13(9-11)18(2,15)16/h11H,3-10H2,1-2H3. The molecule has 1 unspecified atom stereocenters. The second kappa shape index (κ2) is 7.50. The summed E-state index contributed by atoms with van der Waals surface area (Å²) in [6.45, 7) is 3.22. The topological polar surface area (TPSA) is 54.5 Å². The van der Waals surface area contributed by atoms with Gasteiger partial charge in [0.05, 0.1) is 12.0 Å². The van der Waals surface area contributed by atoms with Gasteiger partial charge in [-0.05, 0) is 30.9 Å². The zero-order valence-electron chi connectivity index (χ0n) is 11.2. The second-order valence-electron chi connectivity index (χ2n) is 4.92. The summed E-state index contributed by atoms with van der Waals surface area (Å²) in [5, 5.41) is 0. The van der Waals surface area contributed by atoms with E-state index in [1.807, 2.05) is 0 Å². The van der Waals surface area contributed by atoms with Gasteiger partial charge >= 0.3 is 0 Å². The van der Waals surface area contributed by atoms with Gasteiger partial charge in [-0.1, -0.05) is 6.92 Å². The third-order valence-corrected chi connectivity index (χ3v) is 5.57. The molecule has 1 fully saturated rings. The zero-order valence-corrected chi connectivity index (χ0v) is 12.9. The van der Waals surface area contributed by atoms with Crippen molar-refractivity contribution in [3.05, 3.63) is 0 Å². The highest BCUT2D eigenvalue weighted by Crippen LogP contribution is 2.22. The minimum absolute atomic E-state index is 0.211. The first-order valence-corrected chi connectivity index (χ1v) is 9.48. The van der Waals surface area contributed by atoms with Gasteiger partial charge in [0.15, 0.2) is 0 Å². The number of sulfonamides is 1. The quantitative estimate of drug-likeness (QED) is 0.671. The fraction of sp³-hybridized carbons (Fsp3) is 0.917. The molecule has 0 aromatic carbocycles. The van der Waals surface area contributed by atoms with E-state index in [0.717, 1.165) is 25.0 Å². The maximum absolute atomic E-state index is 11.8. The van der Waals surface area contributed by atoms with E-state index in [0.29, 0.717) is 25.3 Å². The zero-order chi connectivity index (χ0) is 13.6. The molecule has 0 spiro atoms. The van der Waals surface area contributed by atoms with Crippen LogP contribution in [0.5, 0.6) is 0 Å². The van der Waals surface area contributed by atoms with Crippen LogP contribution in [0.15, 0.2) is 0 Å². The number of carbonyl (C=O) groups excluding carboxylic acids is 1. The number of piperidine rings is 1. The van der Waals surface area contributed by atoms with Crippen LogP contribution < -0.4 is 0 Å². The average Bonchev–Trinajstić information content (AvgIpc) is 2.28. The van der Waals surface area contributed by atoms with E-state index in [2.05, 4.69) is 6.92 Å². The lowest BCUT2D eigenvalue weighted by Crippen LogP contribution is -2.39. The highest BCUT2D eigenvalue weighted by molar-refractivity contribution is 7.99. The van der Waals surface area contributed by atoms with Crippen LogP contribution in [0.1, 0.15) is 32.6 Å². The van der Waals surface area contributed by atoms with Gasteiger partial charge in [0.25, 0.3) is 0 Å². The van der Waals surface area contributed by atoms with E-state index in [1.54, 1.807) is 11.8 Å². The predicted molar refractivity (Wildman–Crippen MR) is 76.4 cm³/mol. The Kier molecular flexibility index (Phi) is 6.66. The van der Waals surface area contributed by atoms with Crippen molar-refractivity contribution in [1.29, 1.82) is 0 Å². The molecule has 1 aliphatic heterocycles. The summed E-state index contributed by atoms with van der Waals surface area (Å²) >= 11 is 1.67. The molecule has 0 amide bonds. The number of ketones is 1. The Bertz CT molecular complexity index is 368. The Labute approximate surface area is 115 Å². The van der Waals surface area contributed by atoms with Crippen molar-refractivity contribution < 1.29 is 13.2 Å². The molecule has 1 heterocycles. The van der Waals surface area contributed by atoms with Crippen LogP contribution in [0, 0.1) is 5.92 Å². The van der Waals surface area contributed by atoms with Crippen molar-refractivity contribution in [2.75, 3.05) is 30.9 Å². The van der Waals surface area contributed by atoms with Crippen LogP contribution in [0.2, 0.25) is 0 Å². The van der Waals surface area contributed by atoms with E-state index in [1.165, 1.54) is 10.6 Å². The molecular weight excluding hydrogens is 270 g/mol. The maximum atomic E-state index is 11.8. The number of carbonyl (C=O) groups is 1. The van der Waals surface area contributed by atoms with Crippen LogP contribution in [0.3, 0.4) is 0 Å². The molecular formula is C12H23NO3S2. The summed E-state index contributed by atoms with van der Waals surface area (Å²) in [6, 6.07) is 0. The van der Waals surface area contributed by atoms with E-state index >= 15 is 0 Å². The van der Waals surface area contributed by atoms with Crippen molar-refractivity contribution in [3.63, 3.8) is 0 Å². The highest BCUT2D eigenvalue weighted by atomic mass is 32.2. The van der Waals surface area contributed by atoms with Gasteiger partial charge in [0.2, 0.25) is 10.0 Å². The first-order chi connectivity index (χ1) is 8.43. The SMILES string of the molecule is CCCSCC(=O)CC1CCCN(S(C)(=O)=O)C1. The number of hydrogen-bond donors (Lipinski definition) is 0. The molecule has 1 saturated heterocycles. The molecule has 1 rings (SSSR count). The smallest absolute Gasteiger partial charge is 0.211 e. The molecule has 0 saturated carbocycles. The van der Waals surface area contributed by atoms with Crippen LogP contribution in [-0.4, -0.2) is 49.4 Å². The Morgan fingerprint density at radius 2 is 2.17 bits per heavy atom. The van der Waals surface area contributed by atoms with Gasteiger partial charge < -0.3 is 0 Å². The summed E-state index contributed by atoms with van der Waals surface area (Å²) in [5.74, 6) is 2.06. The maximum Gasteiger partial charge on any atom is 0.211 e. The van der Waals surface area contributed by atoms with Gasteiger partial charge in [0.1, 0.15) is 5.78 Å². The Morgan fingerprint density at radius 3 is 2.78 bits per heavy atom. The molecule has 0 aromatic rings. The van der Waals surface area contributed by atoms with E-state index in [9.17, 15) is 13.2 Å². The molecule has 0 aliphatic carbocycles. The number of Topliss-reactive ketones (excluding diaryl/α,β-unsaturated/α-hetero) is 1. The third-order valence-electron chi connectivity index (χ3n) is 3.08. The van der Waals surface area contributed by atoms with E-state index in [-0.39, 0.29) is 11.7 Å². The lowest BCUT2D eigenvalue weighted by molar-refractivity contribution is -0.117. The van der Waals surface area contributed by atoms with Crippen molar-refractivity contribution >= 4 is 27.6 Å². The Morgan fingerprint density at radius 1 is 1.44 bits per heavy atom. The van der Waals surface area contributed by atoms with Gasteiger partial charge in [-0.3, -0.25) is 4.79 Å². The fourth-order valence-electron chi connectivity index (χ4n) is 2.21.